The van der Waals surface area contributed by atoms with Crippen molar-refractivity contribution in [2.75, 3.05) is 32.7 Å². The zero-order chi connectivity index (χ0) is 15.3. The molecule has 1 aliphatic rings. The van der Waals surface area contributed by atoms with E-state index in [9.17, 15) is 9.59 Å². The lowest BCUT2D eigenvalue weighted by molar-refractivity contribution is -0.134. The molecular formula is C15H26N2O3. The Hall–Kier alpha value is -1.36. The second-order valence-electron chi connectivity index (χ2n) is 5.87. The predicted molar refractivity (Wildman–Crippen MR) is 78.5 cm³/mol. The van der Waals surface area contributed by atoms with Crippen LogP contribution in [0.5, 0.6) is 0 Å². The van der Waals surface area contributed by atoms with Gasteiger partial charge in [-0.3, -0.25) is 9.69 Å². The van der Waals surface area contributed by atoms with Crippen LogP contribution in [-0.4, -0.2) is 59.5 Å². The van der Waals surface area contributed by atoms with E-state index in [1.807, 2.05) is 0 Å². The summed E-state index contributed by atoms with van der Waals surface area (Å²) in [7, 11) is 0. The summed E-state index contributed by atoms with van der Waals surface area (Å²) in [5.41, 5.74) is 0.477. The van der Waals surface area contributed by atoms with Crippen molar-refractivity contribution in [3.05, 3.63) is 11.1 Å². The van der Waals surface area contributed by atoms with Gasteiger partial charge in [0, 0.05) is 37.3 Å². The molecule has 0 aromatic rings. The van der Waals surface area contributed by atoms with Gasteiger partial charge in [-0.15, -0.1) is 0 Å². The van der Waals surface area contributed by atoms with Crippen LogP contribution in [0.25, 0.3) is 0 Å². The van der Waals surface area contributed by atoms with E-state index in [2.05, 4.69) is 18.7 Å². The van der Waals surface area contributed by atoms with Crippen LogP contribution >= 0.6 is 0 Å². The molecule has 5 nitrogen and oxygen atoms in total. The summed E-state index contributed by atoms with van der Waals surface area (Å²) in [6.45, 7) is 11.7. The Bertz CT molecular complexity index is 394. The van der Waals surface area contributed by atoms with Crippen molar-refractivity contribution < 1.29 is 14.7 Å². The van der Waals surface area contributed by atoms with Crippen molar-refractivity contribution in [1.82, 2.24) is 9.80 Å². The molecule has 20 heavy (non-hydrogen) atoms. The van der Waals surface area contributed by atoms with Gasteiger partial charge in [0.15, 0.2) is 0 Å². The topological polar surface area (TPSA) is 60.9 Å². The highest BCUT2D eigenvalue weighted by Crippen LogP contribution is 2.12. The van der Waals surface area contributed by atoms with Crippen LogP contribution < -0.4 is 0 Å². The van der Waals surface area contributed by atoms with E-state index in [0.29, 0.717) is 24.6 Å². The van der Waals surface area contributed by atoms with Crippen molar-refractivity contribution in [2.24, 2.45) is 5.92 Å². The summed E-state index contributed by atoms with van der Waals surface area (Å²) in [4.78, 5) is 27.2. The number of nitrogens with zero attached hydrogens (tertiary/aromatic N) is 2. The normalized spacial score (nSPS) is 18.1. The molecule has 1 amide bonds. The van der Waals surface area contributed by atoms with Gasteiger partial charge in [0.1, 0.15) is 0 Å². The molecule has 114 valence electrons. The highest BCUT2D eigenvalue weighted by atomic mass is 16.4. The molecular weight excluding hydrogens is 256 g/mol. The van der Waals surface area contributed by atoms with E-state index in [-0.39, 0.29) is 11.5 Å². The highest BCUT2D eigenvalue weighted by molar-refractivity contribution is 6.01. The van der Waals surface area contributed by atoms with Crippen LogP contribution in [0.1, 0.15) is 34.1 Å². The summed E-state index contributed by atoms with van der Waals surface area (Å²) in [6, 6.07) is 0. The lowest BCUT2D eigenvalue weighted by atomic mass is 10.1. The molecule has 0 aromatic carbocycles. The third-order valence-corrected chi connectivity index (χ3v) is 3.89. The average molecular weight is 282 g/mol. The van der Waals surface area contributed by atoms with Crippen LogP contribution in [0.15, 0.2) is 11.1 Å². The van der Waals surface area contributed by atoms with Gasteiger partial charge in [-0.25, -0.2) is 4.79 Å². The molecule has 0 spiro atoms. The van der Waals surface area contributed by atoms with Gasteiger partial charge >= 0.3 is 5.97 Å². The number of carbonyl (C=O) groups excluding carboxylic acids is 1. The van der Waals surface area contributed by atoms with E-state index in [0.717, 1.165) is 19.6 Å². The van der Waals surface area contributed by atoms with Crippen molar-refractivity contribution in [3.8, 4) is 0 Å². The largest absolute Gasteiger partial charge is 0.478 e. The minimum absolute atomic E-state index is 0.136. The average Bonchev–Trinajstić information content (AvgIpc) is 2.43. The minimum atomic E-state index is -1.02. The molecule has 1 rings (SSSR count). The number of rotatable bonds is 5. The summed E-state index contributed by atoms with van der Waals surface area (Å²) in [5, 5.41) is 8.93. The van der Waals surface area contributed by atoms with E-state index < -0.39 is 5.97 Å². The molecule has 1 N–H and O–H groups in total. The Balaban J connectivity index is 2.51. The second-order valence-corrected chi connectivity index (χ2v) is 5.87. The van der Waals surface area contributed by atoms with Crippen molar-refractivity contribution in [2.45, 2.75) is 34.1 Å². The highest BCUT2D eigenvalue weighted by Gasteiger charge is 2.23. The molecule has 0 aromatic heterocycles. The first kappa shape index (κ1) is 16.7. The minimum Gasteiger partial charge on any atom is -0.478 e. The molecule has 1 saturated heterocycles. The fourth-order valence-electron chi connectivity index (χ4n) is 2.17. The number of carboxylic acid groups (broad SMARTS) is 1. The number of aliphatic carboxylic acids is 1. The smallest absolute Gasteiger partial charge is 0.331 e. The fourth-order valence-corrected chi connectivity index (χ4v) is 2.17. The van der Waals surface area contributed by atoms with E-state index in [1.165, 1.54) is 13.3 Å². The van der Waals surface area contributed by atoms with Crippen LogP contribution in [-0.2, 0) is 9.59 Å². The first-order valence-corrected chi connectivity index (χ1v) is 7.25. The third-order valence-electron chi connectivity index (χ3n) is 3.89. The van der Waals surface area contributed by atoms with Crippen molar-refractivity contribution >= 4 is 11.9 Å². The molecule has 5 heteroatoms. The summed E-state index contributed by atoms with van der Waals surface area (Å²) in [6.07, 6.45) is 1.17. The van der Waals surface area contributed by atoms with Gasteiger partial charge in [0.2, 0.25) is 5.91 Å². The molecule has 0 aliphatic carbocycles. The Labute approximate surface area is 121 Å². The predicted octanol–water partition coefficient (Wildman–Crippen LogP) is 1.60. The number of carboxylic acids is 1. The van der Waals surface area contributed by atoms with Crippen LogP contribution in [0.4, 0.5) is 0 Å². The van der Waals surface area contributed by atoms with Gasteiger partial charge in [0.25, 0.3) is 0 Å². The van der Waals surface area contributed by atoms with Gasteiger partial charge in [-0.05, 0) is 32.7 Å². The standard InChI is InChI=1S/C15H26N2O3/c1-11(2)5-6-16-7-9-17(10-8-16)14(18)12(3)13(4)15(19)20/h11H,5-10H2,1-4H3,(H,19,20). The maximum absolute atomic E-state index is 12.2. The number of amides is 1. The number of hydrogen-bond acceptors (Lipinski definition) is 3. The molecule has 0 unspecified atom stereocenters. The molecule has 1 aliphatic heterocycles. The first-order chi connectivity index (χ1) is 9.32. The van der Waals surface area contributed by atoms with Gasteiger partial charge in [-0.2, -0.15) is 0 Å². The maximum atomic E-state index is 12.2. The lowest BCUT2D eigenvalue weighted by Crippen LogP contribution is -2.49. The van der Waals surface area contributed by atoms with Gasteiger partial charge in [-0.1, -0.05) is 13.8 Å². The fraction of sp³-hybridized carbons (Fsp3) is 0.733. The summed E-state index contributed by atoms with van der Waals surface area (Å²) in [5.74, 6) is -0.474. The molecule has 0 bridgehead atoms. The Morgan fingerprint density at radius 1 is 1.05 bits per heavy atom. The van der Waals surface area contributed by atoms with E-state index >= 15 is 0 Å². The summed E-state index contributed by atoms with van der Waals surface area (Å²) < 4.78 is 0. The molecule has 1 heterocycles. The zero-order valence-electron chi connectivity index (χ0n) is 13.0. The summed E-state index contributed by atoms with van der Waals surface area (Å²) >= 11 is 0. The molecule has 1 fully saturated rings. The lowest BCUT2D eigenvalue weighted by Gasteiger charge is -2.35. The maximum Gasteiger partial charge on any atom is 0.331 e. The molecule has 0 saturated carbocycles. The van der Waals surface area contributed by atoms with Crippen LogP contribution in [0, 0.1) is 5.92 Å². The number of hydrogen-bond donors (Lipinski definition) is 1. The third kappa shape index (κ3) is 4.63. The Morgan fingerprint density at radius 2 is 1.60 bits per heavy atom. The van der Waals surface area contributed by atoms with Gasteiger partial charge in [0.05, 0.1) is 0 Å². The van der Waals surface area contributed by atoms with Crippen molar-refractivity contribution in [3.63, 3.8) is 0 Å². The van der Waals surface area contributed by atoms with E-state index in [1.54, 1.807) is 11.8 Å². The number of carbonyl (C=O) groups is 2. The zero-order valence-corrected chi connectivity index (χ0v) is 13.0. The van der Waals surface area contributed by atoms with Crippen LogP contribution in [0.2, 0.25) is 0 Å². The first-order valence-electron chi connectivity index (χ1n) is 7.25. The molecule has 0 atom stereocenters. The Morgan fingerprint density at radius 3 is 2.05 bits per heavy atom. The van der Waals surface area contributed by atoms with Gasteiger partial charge < -0.3 is 10.0 Å². The SMILES string of the molecule is CC(C(=O)O)=C(C)C(=O)N1CCN(CCC(C)C)CC1. The Kier molecular flexibility index (Phi) is 6.20. The van der Waals surface area contributed by atoms with E-state index in [4.69, 9.17) is 5.11 Å². The second kappa shape index (κ2) is 7.43. The molecule has 0 radical (unpaired) electrons. The van der Waals surface area contributed by atoms with Crippen molar-refractivity contribution in [1.29, 1.82) is 0 Å². The van der Waals surface area contributed by atoms with Crippen LogP contribution in [0.3, 0.4) is 0 Å². The quantitative estimate of drug-likeness (QED) is 0.778. The monoisotopic (exact) mass is 282 g/mol. The number of piperazine rings is 1.